The lowest BCUT2D eigenvalue weighted by atomic mass is 9.58. The van der Waals surface area contributed by atoms with Gasteiger partial charge in [0.1, 0.15) is 5.84 Å². The summed E-state index contributed by atoms with van der Waals surface area (Å²) in [4.78, 5) is 13.0. The predicted octanol–water partition coefficient (Wildman–Crippen LogP) is 15.0. The third-order valence-corrected chi connectivity index (χ3v) is 13.9. The molecule has 3 heteroatoms. The number of hydrogen-bond acceptors (Lipinski definition) is 3. The highest BCUT2D eigenvalue weighted by molar-refractivity contribution is 6.14. The SMILES string of the molecule is C/C=C\C1=C(C)c2ccc(-c3ccc(C4N=C(c5ccccc5)N=C(C5=CCC=C(c6ccccc6)C=C5)N4C)c4ccccc34)cc2C1(c1ccc(C)cc1)C1C=CC(C)=CC1C. The molecule has 314 valence electrons. The molecular formula is C61H55N3. The first-order valence-corrected chi connectivity index (χ1v) is 22.8. The van der Waals surface area contributed by atoms with Crippen molar-refractivity contribution in [2.45, 2.75) is 52.6 Å². The van der Waals surface area contributed by atoms with E-state index in [4.69, 9.17) is 9.98 Å². The van der Waals surface area contributed by atoms with Crippen LogP contribution in [-0.2, 0) is 5.41 Å². The lowest BCUT2D eigenvalue weighted by Crippen LogP contribution is -2.39. The number of aryl methyl sites for hydroxylation is 1. The predicted molar refractivity (Wildman–Crippen MR) is 271 cm³/mol. The van der Waals surface area contributed by atoms with E-state index in [0.717, 1.165) is 34.8 Å². The number of fused-ring (bicyclic) bond motifs is 2. The minimum absolute atomic E-state index is 0.226. The van der Waals surface area contributed by atoms with E-state index in [1.54, 1.807) is 0 Å². The van der Waals surface area contributed by atoms with E-state index in [9.17, 15) is 0 Å². The maximum absolute atomic E-state index is 5.46. The Balaban J connectivity index is 1.10. The Labute approximate surface area is 379 Å². The summed E-state index contributed by atoms with van der Waals surface area (Å²) in [6.45, 7) is 11.3. The second-order valence-electron chi connectivity index (χ2n) is 17.9. The molecule has 0 aromatic heterocycles. The molecule has 4 unspecified atom stereocenters. The van der Waals surface area contributed by atoms with Gasteiger partial charge in [-0.25, -0.2) is 9.98 Å². The fraction of sp³-hybridized carbons (Fsp3) is 0.180. The first kappa shape index (κ1) is 40.9. The molecule has 1 heterocycles. The van der Waals surface area contributed by atoms with Gasteiger partial charge in [-0.15, -0.1) is 0 Å². The zero-order chi connectivity index (χ0) is 44.0. The first-order valence-electron chi connectivity index (χ1n) is 22.8. The number of aliphatic imine (C=N–C) groups is 2. The van der Waals surface area contributed by atoms with Gasteiger partial charge >= 0.3 is 0 Å². The van der Waals surface area contributed by atoms with Crippen molar-refractivity contribution in [3.63, 3.8) is 0 Å². The van der Waals surface area contributed by atoms with Crippen LogP contribution in [0.3, 0.4) is 0 Å². The summed E-state index contributed by atoms with van der Waals surface area (Å²) in [7, 11) is 2.14. The van der Waals surface area contributed by atoms with Crippen LogP contribution >= 0.6 is 0 Å². The van der Waals surface area contributed by atoms with Crippen LogP contribution in [0.1, 0.15) is 79.2 Å². The summed E-state index contributed by atoms with van der Waals surface area (Å²) in [5, 5.41) is 2.40. The van der Waals surface area contributed by atoms with Gasteiger partial charge in [0.15, 0.2) is 12.0 Å². The van der Waals surface area contributed by atoms with Crippen LogP contribution in [0.4, 0.5) is 0 Å². The van der Waals surface area contributed by atoms with Gasteiger partial charge in [-0.2, -0.15) is 0 Å². The summed E-state index contributed by atoms with van der Waals surface area (Å²) in [5.74, 6) is 2.21. The molecule has 0 fully saturated rings. The Kier molecular flexibility index (Phi) is 10.8. The molecular weight excluding hydrogens is 775 g/mol. The maximum Gasteiger partial charge on any atom is 0.159 e. The second kappa shape index (κ2) is 16.9. The van der Waals surface area contributed by atoms with Crippen LogP contribution < -0.4 is 0 Å². The van der Waals surface area contributed by atoms with Gasteiger partial charge in [0.25, 0.3) is 0 Å². The number of allylic oxidation sites excluding steroid dienone is 12. The molecule has 6 aromatic carbocycles. The van der Waals surface area contributed by atoms with Crippen LogP contribution in [0, 0.1) is 18.8 Å². The van der Waals surface area contributed by atoms with E-state index in [2.05, 4.69) is 235 Å². The van der Waals surface area contributed by atoms with Crippen LogP contribution in [0.25, 0.3) is 33.0 Å². The molecule has 4 aliphatic rings. The molecule has 4 atom stereocenters. The molecule has 0 saturated heterocycles. The fourth-order valence-electron chi connectivity index (χ4n) is 10.8. The van der Waals surface area contributed by atoms with Gasteiger partial charge in [-0.1, -0.05) is 206 Å². The summed E-state index contributed by atoms with van der Waals surface area (Å²) in [6, 6.07) is 51.2. The lowest BCUT2D eigenvalue weighted by Gasteiger charge is -2.43. The van der Waals surface area contributed by atoms with E-state index in [1.807, 2.05) is 6.07 Å². The van der Waals surface area contributed by atoms with Gasteiger partial charge in [-0.3, -0.25) is 0 Å². The summed E-state index contributed by atoms with van der Waals surface area (Å²) >= 11 is 0. The number of nitrogens with zero attached hydrogens (tertiary/aromatic N) is 3. The van der Waals surface area contributed by atoms with Crippen molar-refractivity contribution in [3.8, 4) is 11.1 Å². The van der Waals surface area contributed by atoms with Crippen molar-refractivity contribution in [1.29, 1.82) is 0 Å². The molecule has 0 N–H and O–H groups in total. The molecule has 0 bridgehead atoms. The number of likely N-dealkylation sites (N-methyl/N-ethyl adjacent to an activating group) is 1. The van der Waals surface area contributed by atoms with E-state index in [0.29, 0.717) is 5.92 Å². The van der Waals surface area contributed by atoms with Gasteiger partial charge < -0.3 is 4.90 Å². The first-order chi connectivity index (χ1) is 31.3. The highest BCUT2D eigenvalue weighted by Gasteiger charge is 2.51. The quantitative estimate of drug-likeness (QED) is 0.150. The van der Waals surface area contributed by atoms with Gasteiger partial charge in [0, 0.05) is 29.7 Å². The summed E-state index contributed by atoms with van der Waals surface area (Å²) in [5.41, 5.74) is 17.1. The van der Waals surface area contributed by atoms with Crippen molar-refractivity contribution in [2.75, 3.05) is 7.05 Å². The van der Waals surface area contributed by atoms with E-state index < -0.39 is 0 Å². The summed E-state index contributed by atoms with van der Waals surface area (Å²) < 4.78 is 0. The Morgan fingerprint density at radius 2 is 1.34 bits per heavy atom. The molecule has 3 aliphatic carbocycles. The minimum Gasteiger partial charge on any atom is -0.333 e. The van der Waals surface area contributed by atoms with Gasteiger partial charge in [0.05, 0.1) is 5.41 Å². The zero-order valence-electron chi connectivity index (χ0n) is 37.8. The van der Waals surface area contributed by atoms with Crippen molar-refractivity contribution < 1.29 is 0 Å². The normalized spacial score (nSPS) is 21.9. The highest BCUT2D eigenvalue weighted by Crippen LogP contribution is 2.59. The largest absolute Gasteiger partial charge is 0.333 e. The molecule has 0 spiro atoms. The zero-order valence-corrected chi connectivity index (χ0v) is 37.8. The molecule has 64 heavy (non-hydrogen) atoms. The Morgan fingerprint density at radius 3 is 2.08 bits per heavy atom. The molecule has 0 saturated carbocycles. The third kappa shape index (κ3) is 7.00. The average molecular weight is 830 g/mol. The van der Waals surface area contributed by atoms with Crippen LogP contribution in [-0.4, -0.2) is 23.6 Å². The highest BCUT2D eigenvalue weighted by atomic mass is 15.3. The maximum atomic E-state index is 5.46. The lowest BCUT2D eigenvalue weighted by molar-refractivity contribution is 0.370. The molecule has 1 aliphatic heterocycles. The Morgan fingerprint density at radius 1 is 0.672 bits per heavy atom. The molecule has 0 radical (unpaired) electrons. The summed E-state index contributed by atoms with van der Waals surface area (Å²) in [6.07, 6.45) is 21.4. The van der Waals surface area contributed by atoms with Crippen LogP contribution in [0.15, 0.2) is 221 Å². The van der Waals surface area contributed by atoms with Crippen molar-refractivity contribution in [3.05, 3.63) is 250 Å². The molecule has 10 rings (SSSR count). The number of amidine groups is 2. The van der Waals surface area contributed by atoms with Gasteiger partial charge in [-0.05, 0) is 107 Å². The van der Waals surface area contributed by atoms with Gasteiger partial charge in [0.2, 0.25) is 0 Å². The fourth-order valence-corrected chi connectivity index (χ4v) is 10.8. The van der Waals surface area contributed by atoms with E-state index in [-0.39, 0.29) is 17.5 Å². The topological polar surface area (TPSA) is 28.0 Å². The Bertz CT molecular complexity index is 3080. The van der Waals surface area contributed by atoms with Crippen LogP contribution in [0.5, 0.6) is 0 Å². The number of rotatable bonds is 8. The van der Waals surface area contributed by atoms with Crippen molar-refractivity contribution >= 4 is 33.6 Å². The van der Waals surface area contributed by atoms with E-state index >= 15 is 0 Å². The van der Waals surface area contributed by atoms with Crippen molar-refractivity contribution in [2.24, 2.45) is 21.8 Å². The second-order valence-corrected chi connectivity index (χ2v) is 17.9. The molecule has 6 aromatic rings. The third-order valence-electron chi connectivity index (χ3n) is 13.9. The number of benzene rings is 6. The molecule has 3 nitrogen and oxygen atoms in total. The smallest absolute Gasteiger partial charge is 0.159 e. The molecule has 0 amide bonds. The minimum atomic E-state index is -0.375. The Hall–Kier alpha value is -7.10. The monoisotopic (exact) mass is 829 g/mol. The van der Waals surface area contributed by atoms with Crippen LogP contribution in [0.2, 0.25) is 0 Å². The number of hydrogen-bond donors (Lipinski definition) is 0. The van der Waals surface area contributed by atoms with Crippen molar-refractivity contribution in [1.82, 2.24) is 4.90 Å². The average Bonchev–Trinajstić information content (AvgIpc) is 3.44. The van der Waals surface area contributed by atoms with E-state index in [1.165, 1.54) is 72.0 Å². The standard InChI is InChI=1S/C61H55N3/c1-7-17-56-43(5)50-34-31-48(39-57(50)61(56,49-32-26-40(2)27-33-49)55-37-28-41(3)38-42(55)4)51-35-36-54(53-25-15-14-24-52(51)53)60-63-58(46-20-12-9-13-21-46)62-59(64(60)6)47-23-16-22-45(29-30-47)44-18-10-8-11-19-44/h7-15,17-39,42,55,60H,16H2,1-6H3/b17-7-.